The van der Waals surface area contributed by atoms with Crippen LogP contribution in [-0.4, -0.2) is 34.8 Å². The summed E-state index contributed by atoms with van der Waals surface area (Å²) in [6.45, 7) is 7.43. The molecule has 0 spiro atoms. The molecule has 1 aromatic heterocycles. The fourth-order valence-corrected chi connectivity index (χ4v) is 2.16. The Morgan fingerprint density at radius 2 is 2.05 bits per heavy atom. The van der Waals surface area contributed by atoms with Gasteiger partial charge in [0.05, 0.1) is 16.9 Å². The van der Waals surface area contributed by atoms with Gasteiger partial charge in [0.15, 0.2) is 0 Å². The Balaban J connectivity index is 2.07. The molecule has 2 N–H and O–H groups in total. The van der Waals surface area contributed by atoms with Crippen LogP contribution < -0.4 is 10.6 Å². The third-order valence-corrected chi connectivity index (χ3v) is 3.29. The van der Waals surface area contributed by atoms with Gasteiger partial charge in [0.2, 0.25) is 0 Å². The highest BCUT2D eigenvalue weighted by molar-refractivity contribution is 5.95. The van der Waals surface area contributed by atoms with E-state index >= 15 is 0 Å². The van der Waals surface area contributed by atoms with Crippen molar-refractivity contribution in [1.82, 2.24) is 20.4 Å². The van der Waals surface area contributed by atoms with E-state index in [1.807, 2.05) is 51.1 Å². The lowest BCUT2D eigenvalue weighted by molar-refractivity contribution is 0.0949. The Bertz CT molecular complexity index is 592. The van der Waals surface area contributed by atoms with Crippen molar-refractivity contribution in [2.75, 3.05) is 13.1 Å². The molecule has 2 aromatic rings. The zero-order chi connectivity index (χ0) is 15.2. The highest BCUT2D eigenvalue weighted by Gasteiger charge is 2.14. The van der Waals surface area contributed by atoms with E-state index in [-0.39, 0.29) is 11.9 Å². The fourth-order valence-electron chi connectivity index (χ4n) is 2.16. The summed E-state index contributed by atoms with van der Waals surface area (Å²) in [5.74, 6) is -0.0839. The van der Waals surface area contributed by atoms with Crippen LogP contribution in [0.15, 0.2) is 36.5 Å². The maximum atomic E-state index is 12.2. The Kier molecular flexibility index (Phi) is 5.11. The van der Waals surface area contributed by atoms with Crippen LogP contribution in [-0.2, 0) is 0 Å². The number of rotatable bonds is 6. The van der Waals surface area contributed by atoms with Crippen LogP contribution in [0, 0.1) is 6.92 Å². The van der Waals surface area contributed by atoms with Crippen molar-refractivity contribution in [3.05, 3.63) is 47.8 Å². The fraction of sp³-hybridized carbons (Fsp3) is 0.375. The number of aromatic nitrogens is 2. The number of hydrogen-bond acceptors (Lipinski definition) is 3. The standard InChI is InChI=1S/C16H22N4O/c1-4-17-12(2)10-18-16(21)15-11-20(19-13(15)3)14-8-6-5-7-9-14/h5-9,11-12,17H,4,10H2,1-3H3,(H,18,21)/t12-/m1/s1. The van der Waals surface area contributed by atoms with Gasteiger partial charge >= 0.3 is 0 Å². The number of para-hydroxylation sites is 1. The SMILES string of the molecule is CCN[C@H](C)CNC(=O)c1cn(-c2ccccc2)nc1C. The molecule has 0 aliphatic rings. The minimum Gasteiger partial charge on any atom is -0.350 e. The van der Waals surface area contributed by atoms with Crippen molar-refractivity contribution in [3.63, 3.8) is 0 Å². The Morgan fingerprint density at radius 1 is 1.33 bits per heavy atom. The van der Waals surface area contributed by atoms with Gasteiger partial charge in [-0.3, -0.25) is 4.79 Å². The molecule has 5 heteroatoms. The van der Waals surface area contributed by atoms with Crippen molar-refractivity contribution in [2.45, 2.75) is 26.8 Å². The Morgan fingerprint density at radius 3 is 2.71 bits per heavy atom. The predicted molar refractivity (Wildman–Crippen MR) is 83.8 cm³/mol. The van der Waals surface area contributed by atoms with Crippen LogP contribution in [0.2, 0.25) is 0 Å². The molecule has 112 valence electrons. The van der Waals surface area contributed by atoms with Gasteiger partial charge in [-0.1, -0.05) is 25.1 Å². The van der Waals surface area contributed by atoms with Crippen LogP contribution in [0.4, 0.5) is 0 Å². The van der Waals surface area contributed by atoms with E-state index in [1.54, 1.807) is 10.9 Å². The van der Waals surface area contributed by atoms with Crippen molar-refractivity contribution in [3.8, 4) is 5.69 Å². The first kappa shape index (κ1) is 15.3. The highest BCUT2D eigenvalue weighted by atomic mass is 16.1. The smallest absolute Gasteiger partial charge is 0.254 e. The first-order valence-corrected chi connectivity index (χ1v) is 7.25. The first-order chi connectivity index (χ1) is 10.1. The van der Waals surface area contributed by atoms with E-state index in [0.717, 1.165) is 17.9 Å². The molecular formula is C16H22N4O. The molecule has 0 aliphatic heterocycles. The van der Waals surface area contributed by atoms with Gasteiger partial charge in [-0.15, -0.1) is 0 Å². The maximum Gasteiger partial charge on any atom is 0.254 e. The number of carbonyl (C=O) groups is 1. The van der Waals surface area contributed by atoms with E-state index in [2.05, 4.69) is 15.7 Å². The molecule has 5 nitrogen and oxygen atoms in total. The van der Waals surface area contributed by atoms with Crippen LogP contribution in [0.25, 0.3) is 5.69 Å². The average molecular weight is 286 g/mol. The zero-order valence-corrected chi connectivity index (χ0v) is 12.8. The predicted octanol–water partition coefficient (Wildman–Crippen LogP) is 1.91. The van der Waals surface area contributed by atoms with Gasteiger partial charge in [0.25, 0.3) is 5.91 Å². The molecule has 0 saturated carbocycles. The normalized spacial score (nSPS) is 12.1. The van der Waals surface area contributed by atoms with Gasteiger partial charge in [-0.25, -0.2) is 4.68 Å². The van der Waals surface area contributed by atoms with Gasteiger partial charge in [-0.05, 0) is 32.5 Å². The molecule has 0 unspecified atom stereocenters. The molecule has 0 radical (unpaired) electrons. The van der Waals surface area contributed by atoms with Crippen LogP contribution in [0.1, 0.15) is 29.9 Å². The van der Waals surface area contributed by atoms with Gasteiger partial charge in [-0.2, -0.15) is 5.10 Å². The van der Waals surface area contributed by atoms with E-state index in [4.69, 9.17) is 0 Å². The van der Waals surface area contributed by atoms with Gasteiger partial charge < -0.3 is 10.6 Å². The van der Waals surface area contributed by atoms with E-state index < -0.39 is 0 Å². The van der Waals surface area contributed by atoms with Crippen molar-refractivity contribution in [1.29, 1.82) is 0 Å². The molecule has 0 aliphatic carbocycles. The van der Waals surface area contributed by atoms with E-state index in [1.165, 1.54) is 0 Å². The summed E-state index contributed by atoms with van der Waals surface area (Å²) >= 11 is 0. The average Bonchev–Trinajstić information content (AvgIpc) is 2.88. The second-order valence-corrected chi connectivity index (χ2v) is 5.08. The summed E-state index contributed by atoms with van der Waals surface area (Å²) in [5, 5.41) is 10.6. The number of likely N-dealkylation sites (N-methyl/N-ethyl adjacent to an activating group) is 1. The largest absolute Gasteiger partial charge is 0.350 e. The third kappa shape index (κ3) is 3.92. The molecule has 1 atom stereocenters. The number of nitrogens with zero attached hydrogens (tertiary/aromatic N) is 2. The van der Waals surface area contributed by atoms with Crippen LogP contribution >= 0.6 is 0 Å². The molecular weight excluding hydrogens is 264 g/mol. The summed E-state index contributed by atoms with van der Waals surface area (Å²) < 4.78 is 1.73. The van der Waals surface area contributed by atoms with Crippen molar-refractivity contribution in [2.24, 2.45) is 0 Å². The van der Waals surface area contributed by atoms with Crippen molar-refractivity contribution < 1.29 is 4.79 Å². The van der Waals surface area contributed by atoms with Gasteiger partial charge in [0, 0.05) is 18.8 Å². The third-order valence-electron chi connectivity index (χ3n) is 3.29. The lowest BCUT2D eigenvalue weighted by Gasteiger charge is -2.12. The molecule has 1 heterocycles. The summed E-state index contributed by atoms with van der Waals surface area (Å²) in [6, 6.07) is 10.0. The summed E-state index contributed by atoms with van der Waals surface area (Å²) in [6.07, 6.45) is 1.78. The highest BCUT2D eigenvalue weighted by Crippen LogP contribution is 2.11. The summed E-state index contributed by atoms with van der Waals surface area (Å²) in [7, 11) is 0. The monoisotopic (exact) mass is 286 g/mol. The topological polar surface area (TPSA) is 58.9 Å². The lowest BCUT2D eigenvalue weighted by atomic mass is 10.2. The Hall–Kier alpha value is -2.14. The van der Waals surface area contributed by atoms with E-state index in [9.17, 15) is 4.79 Å². The number of aryl methyl sites for hydroxylation is 1. The van der Waals surface area contributed by atoms with Gasteiger partial charge in [0.1, 0.15) is 0 Å². The second kappa shape index (κ2) is 7.04. The minimum absolute atomic E-state index is 0.0839. The molecule has 2 rings (SSSR count). The van der Waals surface area contributed by atoms with Crippen molar-refractivity contribution >= 4 is 5.91 Å². The number of nitrogens with one attached hydrogen (secondary N) is 2. The number of carbonyl (C=O) groups excluding carboxylic acids is 1. The molecule has 0 fully saturated rings. The lowest BCUT2D eigenvalue weighted by Crippen LogP contribution is -2.38. The Labute approximate surface area is 125 Å². The number of hydrogen-bond donors (Lipinski definition) is 2. The minimum atomic E-state index is -0.0839. The summed E-state index contributed by atoms with van der Waals surface area (Å²) in [5.41, 5.74) is 2.29. The molecule has 0 saturated heterocycles. The summed E-state index contributed by atoms with van der Waals surface area (Å²) in [4.78, 5) is 12.2. The van der Waals surface area contributed by atoms with E-state index in [0.29, 0.717) is 12.1 Å². The first-order valence-electron chi connectivity index (χ1n) is 7.25. The molecule has 1 aromatic carbocycles. The number of benzene rings is 1. The van der Waals surface area contributed by atoms with Crippen LogP contribution in [0.5, 0.6) is 0 Å². The maximum absolute atomic E-state index is 12.2. The molecule has 21 heavy (non-hydrogen) atoms. The quantitative estimate of drug-likeness (QED) is 0.853. The molecule has 1 amide bonds. The zero-order valence-electron chi connectivity index (χ0n) is 12.8. The second-order valence-electron chi connectivity index (χ2n) is 5.08. The molecule has 0 bridgehead atoms. The van der Waals surface area contributed by atoms with Crippen LogP contribution in [0.3, 0.4) is 0 Å². The number of amides is 1.